The SMILES string of the molecule is c1ccc(-c2ccc(-n3c4ccc(-c5ccc(-c6ccc7ccccc7c6)cc5-c5ccccc5)cc4c4cc(-c5ccc(-c6ccc7ccccc7c6)cc5-c5ccccc5)ccc43)cc2)cc1. The van der Waals surface area contributed by atoms with Crippen LogP contribution in [-0.4, -0.2) is 4.57 Å². The molecule has 0 aliphatic rings. The van der Waals surface area contributed by atoms with Gasteiger partial charge in [0.05, 0.1) is 11.0 Å². The number of aromatic nitrogens is 1. The zero-order valence-corrected chi connectivity index (χ0v) is 37.9. The van der Waals surface area contributed by atoms with Crippen molar-refractivity contribution in [2.24, 2.45) is 0 Å². The van der Waals surface area contributed by atoms with E-state index in [0.29, 0.717) is 0 Å². The summed E-state index contributed by atoms with van der Waals surface area (Å²) in [5.74, 6) is 0. The molecule has 1 nitrogen and oxygen atoms in total. The summed E-state index contributed by atoms with van der Waals surface area (Å²) in [4.78, 5) is 0. The summed E-state index contributed by atoms with van der Waals surface area (Å²) < 4.78 is 2.44. The van der Waals surface area contributed by atoms with Gasteiger partial charge in [-0.3, -0.25) is 0 Å². The predicted molar refractivity (Wildman–Crippen MR) is 294 cm³/mol. The van der Waals surface area contributed by atoms with E-state index in [-0.39, 0.29) is 0 Å². The third-order valence-corrected chi connectivity index (χ3v) is 14.0. The third-order valence-electron chi connectivity index (χ3n) is 14.0. The zero-order chi connectivity index (χ0) is 45.7. The average molecular weight is 876 g/mol. The van der Waals surface area contributed by atoms with E-state index in [4.69, 9.17) is 0 Å². The first-order valence-corrected chi connectivity index (χ1v) is 23.8. The molecule has 1 heterocycles. The Hall–Kier alpha value is -9.04. The van der Waals surface area contributed by atoms with Crippen LogP contribution in [0.1, 0.15) is 0 Å². The molecule has 0 bridgehead atoms. The molecule has 0 aliphatic carbocycles. The molecule has 0 unspecified atom stereocenters. The molecule has 13 aromatic rings. The fraction of sp³-hybridized carbons (Fsp3) is 0. The molecular formula is C68H45N. The van der Waals surface area contributed by atoms with Crippen molar-refractivity contribution in [1.29, 1.82) is 0 Å². The van der Waals surface area contributed by atoms with E-state index in [0.717, 1.165) is 5.69 Å². The van der Waals surface area contributed by atoms with E-state index in [1.165, 1.54) is 121 Å². The molecule has 12 aromatic carbocycles. The standard InChI is InChI=1S/C68H45N/c1-4-14-46(15-5-1)49-28-34-60(35-29-49)69-67-38-32-58(61-36-30-56(42-63(61)50-18-6-2-7-19-50)54-26-24-47-16-10-12-22-52(47)40-54)44-65(67)66-45-59(33-39-68(66)69)62-37-31-57(43-64(62)51-20-8-3-9-21-51)55-27-25-48-17-11-13-23-53(48)41-55/h1-45H. The van der Waals surface area contributed by atoms with Gasteiger partial charge in [-0.1, -0.05) is 212 Å². The molecule has 0 amide bonds. The summed E-state index contributed by atoms with van der Waals surface area (Å²) in [5.41, 5.74) is 20.3. The van der Waals surface area contributed by atoms with Crippen molar-refractivity contribution in [1.82, 2.24) is 4.57 Å². The molecule has 69 heavy (non-hydrogen) atoms. The molecule has 13 rings (SSSR count). The Morgan fingerprint density at radius 2 is 0.536 bits per heavy atom. The molecule has 1 heteroatoms. The first-order chi connectivity index (χ1) is 34.2. The molecule has 0 N–H and O–H groups in total. The van der Waals surface area contributed by atoms with E-state index in [1.54, 1.807) is 0 Å². The number of hydrogen-bond acceptors (Lipinski definition) is 0. The Morgan fingerprint density at radius 1 is 0.188 bits per heavy atom. The van der Waals surface area contributed by atoms with Crippen molar-refractivity contribution < 1.29 is 0 Å². The second kappa shape index (κ2) is 17.0. The molecular weight excluding hydrogens is 831 g/mol. The monoisotopic (exact) mass is 875 g/mol. The van der Waals surface area contributed by atoms with E-state index in [1.807, 2.05) is 0 Å². The van der Waals surface area contributed by atoms with E-state index in [9.17, 15) is 0 Å². The number of fused-ring (bicyclic) bond motifs is 5. The molecule has 0 fully saturated rings. The molecule has 1 aromatic heterocycles. The van der Waals surface area contributed by atoms with Crippen LogP contribution in [-0.2, 0) is 0 Å². The minimum atomic E-state index is 1.13. The maximum Gasteiger partial charge on any atom is 0.0541 e. The van der Waals surface area contributed by atoms with Crippen LogP contribution in [0, 0.1) is 0 Å². The Bertz CT molecular complexity index is 3810. The largest absolute Gasteiger partial charge is 0.309 e. The fourth-order valence-corrected chi connectivity index (χ4v) is 10.5. The summed E-state index contributed by atoms with van der Waals surface area (Å²) in [6.45, 7) is 0. The topological polar surface area (TPSA) is 4.93 Å². The van der Waals surface area contributed by atoms with Crippen molar-refractivity contribution in [3.05, 3.63) is 273 Å². The van der Waals surface area contributed by atoms with Gasteiger partial charge in [-0.05, 0) is 160 Å². The first kappa shape index (κ1) is 40.3. The third kappa shape index (κ3) is 7.38. The fourth-order valence-electron chi connectivity index (χ4n) is 10.5. The molecule has 0 spiro atoms. The smallest absolute Gasteiger partial charge is 0.0541 e. The first-order valence-electron chi connectivity index (χ1n) is 23.8. The van der Waals surface area contributed by atoms with Crippen LogP contribution < -0.4 is 0 Å². The van der Waals surface area contributed by atoms with Crippen LogP contribution in [0.2, 0.25) is 0 Å². The average Bonchev–Trinajstić information content (AvgIpc) is 3.76. The zero-order valence-electron chi connectivity index (χ0n) is 37.9. The van der Waals surface area contributed by atoms with Gasteiger partial charge in [0.15, 0.2) is 0 Å². The molecule has 0 atom stereocenters. The number of benzene rings is 12. The highest BCUT2D eigenvalue weighted by atomic mass is 15.0. The number of rotatable bonds is 8. The van der Waals surface area contributed by atoms with E-state index >= 15 is 0 Å². The van der Waals surface area contributed by atoms with Gasteiger partial charge in [0.1, 0.15) is 0 Å². The summed E-state index contributed by atoms with van der Waals surface area (Å²) in [7, 11) is 0. The maximum atomic E-state index is 2.44. The van der Waals surface area contributed by atoms with Gasteiger partial charge in [-0.2, -0.15) is 0 Å². The quantitative estimate of drug-likeness (QED) is 0.143. The highest BCUT2D eigenvalue weighted by molar-refractivity contribution is 6.12. The van der Waals surface area contributed by atoms with Crippen molar-refractivity contribution in [3.63, 3.8) is 0 Å². The highest BCUT2D eigenvalue weighted by Crippen LogP contribution is 2.43. The van der Waals surface area contributed by atoms with Gasteiger partial charge >= 0.3 is 0 Å². The second-order valence-corrected chi connectivity index (χ2v) is 18.1. The maximum absolute atomic E-state index is 2.44. The van der Waals surface area contributed by atoms with E-state index < -0.39 is 0 Å². The minimum absolute atomic E-state index is 1.13. The highest BCUT2D eigenvalue weighted by Gasteiger charge is 2.19. The second-order valence-electron chi connectivity index (χ2n) is 18.1. The normalized spacial score (nSPS) is 11.5. The van der Waals surface area contributed by atoms with Crippen molar-refractivity contribution in [3.8, 4) is 83.6 Å². The predicted octanol–water partition coefficient (Wildman–Crippen LogP) is 18.8. The summed E-state index contributed by atoms with van der Waals surface area (Å²) in [6.07, 6.45) is 0. The lowest BCUT2D eigenvalue weighted by Crippen LogP contribution is -1.94. The molecule has 0 saturated heterocycles. The molecule has 0 aliphatic heterocycles. The van der Waals surface area contributed by atoms with Gasteiger partial charge in [0.2, 0.25) is 0 Å². The van der Waals surface area contributed by atoms with Crippen molar-refractivity contribution in [2.75, 3.05) is 0 Å². The summed E-state index contributed by atoms with van der Waals surface area (Å²) in [6, 6.07) is 100. The molecule has 322 valence electrons. The lowest BCUT2D eigenvalue weighted by Gasteiger charge is -2.14. The Balaban J connectivity index is 1.000. The van der Waals surface area contributed by atoms with Crippen molar-refractivity contribution in [2.45, 2.75) is 0 Å². The van der Waals surface area contributed by atoms with Crippen LogP contribution in [0.5, 0.6) is 0 Å². The van der Waals surface area contributed by atoms with Crippen molar-refractivity contribution >= 4 is 43.4 Å². The lowest BCUT2D eigenvalue weighted by molar-refractivity contribution is 1.18. The minimum Gasteiger partial charge on any atom is -0.309 e. The molecule has 0 saturated carbocycles. The van der Waals surface area contributed by atoms with Crippen LogP contribution in [0.3, 0.4) is 0 Å². The van der Waals surface area contributed by atoms with Gasteiger partial charge < -0.3 is 4.57 Å². The van der Waals surface area contributed by atoms with Gasteiger partial charge in [-0.25, -0.2) is 0 Å². The van der Waals surface area contributed by atoms with Crippen LogP contribution in [0.15, 0.2) is 273 Å². The number of nitrogens with zero attached hydrogens (tertiary/aromatic N) is 1. The Morgan fingerprint density at radius 3 is 1.00 bits per heavy atom. The van der Waals surface area contributed by atoms with Crippen LogP contribution in [0.4, 0.5) is 0 Å². The summed E-state index contributed by atoms with van der Waals surface area (Å²) in [5, 5.41) is 7.41. The number of hydrogen-bond donors (Lipinski definition) is 0. The summed E-state index contributed by atoms with van der Waals surface area (Å²) >= 11 is 0. The lowest BCUT2D eigenvalue weighted by atomic mass is 9.89. The van der Waals surface area contributed by atoms with Gasteiger partial charge in [0, 0.05) is 16.5 Å². The molecule has 0 radical (unpaired) electrons. The Kier molecular flexibility index (Phi) is 9.91. The van der Waals surface area contributed by atoms with Gasteiger partial charge in [-0.15, -0.1) is 0 Å². The van der Waals surface area contributed by atoms with Gasteiger partial charge in [0.25, 0.3) is 0 Å². The van der Waals surface area contributed by atoms with Crippen LogP contribution >= 0.6 is 0 Å². The Labute approximate surface area is 402 Å². The van der Waals surface area contributed by atoms with E-state index in [2.05, 4.69) is 278 Å². The van der Waals surface area contributed by atoms with Crippen LogP contribution in [0.25, 0.3) is 127 Å².